The number of rotatable bonds is 1. The minimum absolute atomic E-state index is 0.0820. The van der Waals surface area contributed by atoms with Crippen LogP contribution in [0.2, 0.25) is 0 Å². The van der Waals surface area contributed by atoms with Gasteiger partial charge in [0.2, 0.25) is 0 Å². The topological polar surface area (TPSA) is 46.3 Å². The molecule has 0 radical (unpaired) electrons. The van der Waals surface area contributed by atoms with Crippen LogP contribution in [0, 0.1) is 5.92 Å². The molecule has 2 N–H and O–H groups in total. The first-order valence-corrected chi connectivity index (χ1v) is 7.24. The van der Waals surface area contributed by atoms with Crippen LogP contribution in [0.5, 0.6) is 0 Å². The van der Waals surface area contributed by atoms with Crippen LogP contribution in [0.1, 0.15) is 60.0 Å². The van der Waals surface area contributed by atoms with Gasteiger partial charge in [0.1, 0.15) is 0 Å². The fourth-order valence-electron chi connectivity index (χ4n) is 3.56. The lowest BCUT2D eigenvalue weighted by Gasteiger charge is -2.28. The van der Waals surface area contributed by atoms with Crippen LogP contribution in [0.15, 0.2) is 12.1 Å². The zero-order chi connectivity index (χ0) is 13.6. The molecule has 1 aromatic rings. The monoisotopic (exact) mass is 258 g/mol. The summed E-state index contributed by atoms with van der Waals surface area (Å²) in [6.07, 6.45) is 5.09. The Balaban J connectivity index is 1.98. The van der Waals surface area contributed by atoms with Gasteiger partial charge in [-0.25, -0.2) is 0 Å². The smallest absolute Gasteiger partial charge is 0.256 e. The number of amides is 1. The Kier molecular flexibility index (Phi) is 3.00. The molecule has 3 heteroatoms. The summed E-state index contributed by atoms with van der Waals surface area (Å²) in [5, 5.41) is 0. The lowest BCUT2D eigenvalue weighted by atomic mass is 9.77. The van der Waals surface area contributed by atoms with E-state index in [-0.39, 0.29) is 5.91 Å². The van der Waals surface area contributed by atoms with E-state index in [2.05, 4.69) is 13.0 Å². The molecule has 1 heterocycles. The van der Waals surface area contributed by atoms with Gasteiger partial charge in [0.15, 0.2) is 0 Å². The third-order valence-electron chi connectivity index (χ3n) is 4.79. The zero-order valence-corrected chi connectivity index (χ0v) is 11.8. The molecule has 1 aliphatic carbocycles. The molecule has 3 rings (SSSR count). The summed E-state index contributed by atoms with van der Waals surface area (Å²) in [7, 11) is 1.86. The van der Waals surface area contributed by atoms with Crippen molar-refractivity contribution in [3.05, 3.63) is 28.8 Å². The lowest BCUT2D eigenvalue weighted by molar-refractivity contribution is 0.0817. The summed E-state index contributed by atoms with van der Waals surface area (Å²) in [6.45, 7) is 3.06. The van der Waals surface area contributed by atoms with Crippen LogP contribution in [0.4, 0.5) is 5.69 Å². The first-order valence-electron chi connectivity index (χ1n) is 7.24. The van der Waals surface area contributed by atoms with E-state index in [9.17, 15) is 4.79 Å². The Morgan fingerprint density at radius 3 is 2.58 bits per heavy atom. The number of benzene rings is 1. The highest BCUT2D eigenvalue weighted by molar-refractivity contribution is 6.03. The average Bonchev–Trinajstić information content (AvgIpc) is 2.69. The predicted molar refractivity (Wildman–Crippen MR) is 77.0 cm³/mol. The Hall–Kier alpha value is -1.51. The first-order chi connectivity index (χ1) is 9.08. The molecule has 1 aromatic carbocycles. The molecule has 1 amide bonds. The number of hydrogen-bond donors (Lipinski definition) is 1. The molecule has 1 aliphatic heterocycles. The standard InChI is InChI=1S/C16H22N2O/c1-10-3-5-11(6-4-10)12-7-8-14(17)15-13(12)9-18(2)16(15)19/h7-8,10-11H,3-6,9,17H2,1-2H3. The van der Waals surface area contributed by atoms with Crippen LogP contribution in [-0.4, -0.2) is 17.9 Å². The van der Waals surface area contributed by atoms with Crippen molar-refractivity contribution in [1.29, 1.82) is 0 Å². The van der Waals surface area contributed by atoms with Crippen molar-refractivity contribution >= 4 is 11.6 Å². The molecule has 19 heavy (non-hydrogen) atoms. The molecule has 0 saturated heterocycles. The van der Waals surface area contributed by atoms with E-state index in [0.717, 1.165) is 18.0 Å². The second-order valence-corrected chi connectivity index (χ2v) is 6.22. The third kappa shape index (κ3) is 2.01. The molecule has 1 saturated carbocycles. The van der Waals surface area contributed by atoms with Gasteiger partial charge < -0.3 is 10.6 Å². The maximum Gasteiger partial charge on any atom is 0.256 e. The lowest BCUT2D eigenvalue weighted by Crippen LogP contribution is -2.18. The van der Waals surface area contributed by atoms with Crippen molar-refractivity contribution in [3.8, 4) is 0 Å². The third-order valence-corrected chi connectivity index (χ3v) is 4.79. The van der Waals surface area contributed by atoms with Gasteiger partial charge in [-0.3, -0.25) is 4.79 Å². The van der Waals surface area contributed by atoms with Crippen molar-refractivity contribution in [2.24, 2.45) is 5.92 Å². The SMILES string of the molecule is CC1CCC(c2ccc(N)c3c2CN(C)C3=O)CC1. The van der Waals surface area contributed by atoms with Crippen molar-refractivity contribution in [3.63, 3.8) is 0 Å². The highest BCUT2D eigenvalue weighted by Gasteiger charge is 2.32. The number of nitrogens with zero attached hydrogens (tertiary/aromatic N) is 1. The number of carbonyl (C=O) groups excluding carboxylic acids is 1. The van der Waals surface area contributed by atoms with E-state index in [1.165, 1.54) is 36.8 Å². The largest absolute Gasteiger partial charge is 0.398 e. The second-order valence-electron chi connectivity index (χ2n) is 6.22. The van der Waals surface area contributed by atoms with Crippen molar-refractivity contribution < 1.29 is 4.79 Å². The molecule has 1 fully saturated rings. The molecule has 102 valence electrons. The number of fused-ring (bicyclic) bond motifs is 1. The number of carbonyl (C=O) groups is 1. The quantitative estimate of drug-likeness (QED) is 0.787. The van der Waals surface area contributed by atoms with Gasteiger partial charge in [-0.05, 0) is 41.9 Å². The molecule has 0 bridgehead atoms. The fourth-order valence-corrected chi connectivity index (χ4v) is 3.56. The van der Waals surface area contributed by atoms with E-state index in [0.29, 0.717) is 11.6 Å². The van der Waals surface area contributed by atoms with Gasteiger partial charge in [0.05, 0.1) is 5.56 Å². The van der Waals surface area contributed by atoms with Crippen molar-refractivity contribution in [2.75, 3.05) is 12.8 Å². The number of nitrogens with two attached hydrogens (primary N) is 1. The average molecular weight is 258 g/mol. The van der Waals surface area contributed by atoms with Gasteiger partial charge in [0.25, 0.3) is 5.91 Å². The van der Waals surface area contributed by atoms with E-state index in [1.807, 2.05) is 13.1 Å². The van der Waals surface area contributed by atoms with Crippen molar-refractivity contribution in [2.45, 2.75) is 45.1 Å². The Morgan fingerprint density at radius 2 is 1.89 bits per heavy atom. The number of nitrogen functional groups attached to an aromatic ring is 1. The van der Waals surface area contributed by atoms with Gasteiger partial charge in [0, 0.05) is 19.3 Å². The van der Waals surface area contributed by atoms with Crippen LogP contribution in [0.3, 0.4) is 0 Å². The van der Waals surface area contributed by atoms with Crippen LogP contribution >= 0.6 is 0 Å². The van der Waals surface area contributed by atoms with Crippen LogP contribution in [0.25, 0.3) is 0 Å². The summed E-state index contributed by atoms with van der Waals surface area (Å²) in [6, 6.07) is 4.07. The van der Waals surface area contributed by atoms with E-state index < -0.39 is 0 Å². The minimum Gasteiger partial charge on any atom is -0.398 e. The molecule has 2 aliphatic rings. The zero-order valence-electron chi connectivity index (χ0n) is 11.8. The van der Waals surface area contributed by atoms with Gasteiger partial charge in [-0.15, -0.1) is 0 Å². The van der Waals surface area contributed by atoms with Gasteiger partial charge in [-0.2, -0.15) is 0 Å². The van der Waals surface area contributed by atoms with E-state index >= 15 is 0 Å². The van der Waals surface area contributed by atoms with Gasteiger partial charge >= 0.3 is 0 Å². The first kappa shape index (κ1) is 12.5. The summed E-state index contributed by atoms with van der Waals surface area (Å²) >= 11 is 0. The molecule has 0 unspecified atom stereocenters. The maximum absolute atomic E-state index is 12.2. The summed E-state index contributed by atoms with van der Waals surface area (Å²) in [5.74, 6) is 1.55. The molecular formula is C16H22N2O. The number of anilines is 1. The van der Waals surface area contributed by atoms with Gasteiger partial charge in [-0.1, -0.05) is 25.8 Å². The van der Waals surface area contributed by atoms with Crippen LogP contribution in [-0.2, 0) is 6.54 Å². The highest BCUT2D eigenvalue weighted by atomic mass is 16.2. The van der Waals surface area contributed by atoms with E-state index in [4.69, 9.17) is 5.73 Å². The molecule has 0 spiro atoms. The summed E-state index contributed by atoms with van der Waals surface area (Å²) in [4.78, 5) is 13.9. The Labute approximate surface area is 114 Å². The second kappa shape index (κ2) is 4.55. The van der Waals surface area contributed by atoms with Crippen LogP contribution < -0.4 is 5.73 Å². The Bertz CT molecular complexity index is 516. The maximum atomic E-state index is 12.2. The Morgan fingerprint density at radius 1 is 1.21 bits per heavy atom. The molecule has 3 nitrogen and oxygen atoms in total. The number of hydrogen-bond acceptors (Lipinski definition) is 2. The highest BCUT2D eigenvalue weighted by Crippen LogP contribution is 2.40. The fraction of sp³-hybridized carbons (Fsp3) is 0.562. The van der Waals surface area contributed by atoms with E-state index in [1.54, 1.807) is 4.90 Å². The minimum atomic E-state index is 0.0820. The molecule has 0 aromatic heterocycles. The van der Waals surface area contributed by atoms with Crippen molar-refractivity contribution in [1.82, 2.24) is 4.90 Å². The normalized spacial score (nSPS) is 26.6. The molecular weight excluding hydrogens is 236 g/mol. The molecule has 0 atom stereocenters. The summed E-state index contributed by atoms with van der Waals surface area (Å²) < 4.78 is 0. The predicted octanol–water partition coefficient (Wildman–Crippen LogP) is 3.15. The summed E-state index contributed by atoms with van der Waals surface area (Å²) in [5.41, 5.74) is 9.95.